The number of carbonyl (C=O) groups excluding carboxylic acids is 1. The fraction of sp³-hybridized carbons (Fsp3) is 0.0769. The highest BCUT2D eigenvalue weighted by atomic mass is 35.5. The van der Waals surface area contributed by atoms with Crippen LogP contribution >= 0.6 is 24.4 Å². The highest BCUT2D eigenvalue weighted by Crippen LogP contribution is 2.31. The minimum atomic E-state index is -0.396. The predicted octanol–water partition coefficient (Wildman–Crippen LogP) is 3.93. The van der Waals surface area contributed by atoms with Crippen LogP contribution in [0.5, 0.6) is 0 Å². The van der Waals surface area contributed by atoms with Crippen molar-refractivity contribution in [2.24, 2.45) is 0 Å². The molecule has 0 aliphatic rings. The molecular formula is C13H12ClN3OS. The van der Waals surface area contributed by atoms with Gasteiger partial charge in [-0.2, -0.15) is 0 Å². The van der Waals surface area contributed by atoms with Gasteiger partial charge >= 0.3 is 6.03 Å². The van der Waals surface area contributed by atoms with Gasteiger partial charge in [-0.05, 0) is 30.7 Å². The lowest BCUT2D eigenvalue weighted by Gasteiger charge is -2.19. The van der Waals surface area contributed by atoms with E-state index in [9.17, 15) is 4.79 Å². The maximum absolute atomic E-state index is 12.1. The van der Waals surface area contributed by atoms with Crippen LogP contribution in [-0.4, -0.2) is 11.0 Å². The van der Waals surface area contributed by atoms with Gasteiger partial charge in [0.05, 0.1) is 22.6 Å². The van der Waals surface area contributed by atoms with Crippen LogP contribution in [0.1, 0.15) is 5.56 Å². The van der Waals surface area contributed by atoms with Gasteiger partial charge in [0.1, 0.15) is 0 Å². The van der Waals surface area contributed by atoms with Gasteiger partial charge in [-0.3, -0.25) is 4.98 Å². The molecule has 6 heteroatoms. The van der Waals surface area contributed by atoms with Gasteiger partial charge in [-0.15, -0.1) is 0 Å². The van der Waals surface area contributed by atoms with E-state index in [0.717, 1.165) is 5.56 Å². The number of nitrogens with zero attached hydrogens (tertiary/aromatic N) is 2. The largest absolute Gasteiger partial charge is 0.336 e. The molecule has 2 aromatic rings. The van der Waals surface area contributed by atoms with Crippen molar-refractivity contribution in [3.05, 3.63) is 53.3 Å². The molecule has 1 aromatic heterocycles. The van der Waals surface area contributed by atoms with Crippen molar-refractivity contribution in [2.75, 3.05) is 9.62 Å². The van der Waals surface area contributed by atoms with Crippen LogP contribution in [0, 0.1) is 6.92 Å². The Bertz CT molecular complexity index is 571. The number of benzene rings is 1. The first-order valence-corrected chi connectivity index (χ1v) is 6.32. The van der Waals surface area contributed by atoms with Crippen molar-refractivity contribution in [3.63, 3.8) is 0 Å². The van der Waals surface area contributed by atoms with Gasteiger partial charge in [-0.25, -0.2) is 9.10 Å². The highest BCUT2D eigenvalue weighted by molar-refractivity contribution is 7.82. The fourth-order valence-corrected chi connectivity index (χ4v) is 2.29. The number of thiol groups is 1. The van der Waals surface area contributed by atoms with Gasteiger partial charge in [-0.1, -0.05) is 36.5 Å². The monoisotopic (exact) mass is 293 g/mol. The second-order valence-corrected chi connectivity index (χ2v) is 4.70. The molecule has 0 bridgehead atoms. The van der Waals surface area contributed by atoms with E-state index in [2.05, 4.69) is 23.1 Å². The molecule has 19 heavy (non-hydrogen) atoms. The molecule has 1 heterocycles. The van der Waals surface area contributed by atoms with Crippen molar-refractivity contribution >= 4 is 41.8 Å². The SMILES string of the molecule is Cc1cccc(Cl)c1N(S)C(=O)Nc1cccnc1. The van der Waals surface area contributed by atoms with E-state index >= 15 is 0 Å². The third kappa shape index (κ3) is 3.19. The summed E-state index contributed by atoms with van der Waals surface area (Å²) in [4.78, 5) is 16.0. The summed E-state index contributed by atoms with van der Waals surface area (Å²) < 4.78 is 1.19. The van der Waals surface area contributed by atoms with Crippen LogP contribution in [0.25, 0.3) is 0 Å². The van der Waals surface area contributed by atoms with Crippen LogP contribution in [0.4, 0.5) is 16.2 Å². The van der Waals surface area contributed by atoms with Crippen molar-refractivity contribution < 1.29 is 4.79 Å². The smallest absolute Gasteiger partial charge is 0.305 e. The number of para-hydroxylation sites is 1. The topological polar surface area (TPSA) is 45.2 Å². The van der Waals surface area contributed by atoms with E-state index in [0.29, 0.717) is 16.4 Å². The zero-order valence-corrected chi connectivity index (χ0v) is 11.8. The first-order chi connectivity index (χ1) is 9.09. The highest BCUT2D eigenvalue weighted by Gasteiger charge is 2.17. The number of urea groups is 1. The van der Waals surface area contributed by atoms with E-state index < -0.39 is 6.03 Å². The average Bonchev–Trinajstić information content (AvgIpc) is 2.39. The Hall–Kier alpha value is -1.72. The quantitative estimate of drug-likeness (QED) is 0.824. The lowest BCUT2D eigenvalue weighted by atomic mass is 10.2. The van der Waals surface area contributed by atoms with Crippen LogP contribution in [0.15, 0.2) is 42.7 Å². The van der Waals surface area contributed by atoms with Crippen molar-refractivity contribution in [2.45, 2.75) is 6.92 Å². The Morgan fingerprint density at radius 2 is 2.16 bits per heavy atom. The number of hydrogen-bond acceptors (Lipinski definition) is 3. The molecule has 0 spiro atoms. The van der Waals surface area contributed by atoms with Crippen molar-refractivity contribution in [1.29, 1.82) is 0 Å². The molecule has 1 N–H and O–H groups in total. The lowest BCUT2D eigenvalue weighted by Crippen LogP contribution is -2.27. The van der Waals surface area contributed by atoms with E-state index in [1.54, 1.807) is 30.6 Å². The van der Waals surface area contributed by atoms with Crippen LogP contribution in [0.2, 0.25) is 5.02 Å². The summed E-state index contributed by atoms with van der Waals surface area (Å²) in [5.74, 6) is 0. The lowest BCUT2D eigenvalue weighted by molar-refractivity contribution is 0.260. The number of amides is 2. The number of carbonyl (C=O) groups is 1. The summed E-state index contributed by atoms with van der Waals surface area (Å²) in [7, 11) is 0. The molecule has 4 nitrogen and oxygen atoms in total. The molecule has 0 atom stereocenters. The third-order valence-corrected chi connectivity index (χ3v) is 3.19. The number of aryl methyl sites for hydroxylation is 1. The van der Waals surface area contributed by atoms with Crippen LogP contribution in [0.3, 0.4) is 0 Å². The number of anilines is 2. The summed E-state index contributed by atoms with van der Waals surface area (Å²) in [6.45, 7) is 1.86. The summed E-state index contributed by atoms with van der Waals surface area (Å²) >= 11 is 10.3. The molecule has 0 unspecified atom stereocenters. The molecule has 98 valence electrons. The normalized spacial score (nSPS) is 10.1. The van der Waals surface area contributed by atoms with Gasteiger partial charge in [0, 0.05) is 6.20 Å². The average molecular weight is 294 g/mol. The summed E-state index contributed by atoms with van der Waals surface area (Å²) in [6, 6.07) is 8.48. The van der Waals surface area contributed by atoms with E-state index in [1.807, 2.05) is 19.1 Å². The molecule has 0 radical (unpaired) electrons. The molecule has 0 fully saturated rings. The fourth-order valence-electron chi connectivity index (χ4n) is 1.61. The van der Waals surface area contributed by atoms with E-state index in [-0.39, 0.29) is 0 Å². The number of halogens is 1. The van der Waals surface area contributed by atoms with E-state index in [1.165, 1.54) is 4.31 Å². The Kier molecular flexibility index (Phi) is 4.29. The molecule has 2 rings (SSSR count). The number of rotatable bonds is 2. The molecule has 0 aliphatic heterocycles. The second kappa shape index (κ2) is 5.95. The van der Waals surface area contributed by atoms with Gasteiger partial charge in [0.15, 0.2) is 0 Å². The van der Waals surface area contributed by atoms with Crippen molar-refractivity contribution in [1.82, 2.24) is 4.98 Å². The molecule has 1 aromatic carbocycles. The number of hydrogen-bond donors (Lipinski definition) is 2. The maximum atomic E-state index is 12.1. The number of aromatic nitrogens is 1. The zero-order chi connectivity index (χ0) is 13.8. The minimum Gasteiger partial charge on any atom is -0.305 e. The summed E-state index contributed by atoms with van der Waals surface area (Å²) in [6.07, 6.45) is 3.19. The van der Waals surface area contributed by atoms with Gasteiger partial charge in [0.2, 0.25) is 0 Å². The van der Waals surface area contributed by atoms with Gasteiger partial charge < -0.3 is 5.32 Å². The van der Waals surface area contributed by atoms with Crippen LogP contribution in [-0.2, 0) is 0 Å². The Labute approximate surface area is 122 Å². The molecule has 2 amide bonds. The molecule has 0 saturated heterocycles. The standard InChI is InChI=1S/C13H12ClN3OS/c1-9-4-2-6-11(14)12(9)17(19)13(18)16-10-5-3-7-15-8-10/h2-8,19H,1H3,(H,16,18). The summed E-state index contributed by atoms with van der Waals surface area (Å²) in [5, 5.41) is 3.15. The van der Waals surface area contributed by atoms with E-state index in [4.69, 9.17) is 11.6 Å². The first-order valence-electron chi connectivity index (χ1n) is 5.54. The van der Waals surface area contributed by atoms with Gasteiger partial charge in [0.25, 0.3) is 0 Å². The Morgan fingerprint density at radius 1 is 1.37 bits per heavy atom. The predicted molar refractivity (Wildman–Crippen MR) is 80.9 cm³/mol. The van der Waals surface area contributed by atoms with Crippen LogP contribution < -0.4 is 9.62 Å². The second-order valence-electron chi connectivity index (χ2n) is 3.89. The minimum absolute atomic E-state index is 0.396. The summed E-state index contributed by atoms with van der Waals surface area (Å²) in [5.41, 5.74) is 2.02. The zero-order valence-electron chi connectivity index (χ0n) is 10.2. The maximum Gasteiger partial charge on any atom is 0.336 e. The van der Waals surface area contributed by atoms with Crippen molar-refractivity contribution in [3.8, 4) is 0 Å². The first kappa shape index (κ1) is 13.7. The molecule has 0 saturated carbocycles. The number of nitrogens with one attached hydrogen (secondary N) is 1. The Morgan fingerprint density at radius 3 is 2.79 bits per heavy atom. The molecular weight excluding hydrogens is 282 g/mol. The third-order valence-electron chi connectivity index (χ3n) is 2.51. The molecule has 0 aliphatic carbocycles. The Balaban J connectivity index is 2.20. The number of pyridine rings is 1.